The van der Waals surface area contributed by atoms with E-state index in [9.17, 15) is 0 Å². The molecule has 7 nitrogen and oxygen atoms in total. The number of pyridine rings is 1. The number of thiophene rings is 1. The molecule has 0 saturated heterocycles. The summed E-state index contributed by atoms with van der Waals surface area (Å²) >= 11 is 1.63. The van der Waals surface area contributed by atoms with E-state index >= 15 is 0 Å². The zero-order valence-electron chi connectivity index (χ0n) is 15.0. The third kappa shape index (κ3) is 2.22. The van der Waals surface area contributed by atoms with E-state index in [1.54, 1.807) is 22.2 Å². The molecular weight excluding hydrogens is 346 g/mol. The van der Waals surface area contributed by atoms with Crippen LogP contribution >= 0.6 is 11.3 Å². The lowest BCUT2D eigenvalue weighted by Crippen LogP contribution is -2.05. The molecule has 0 radical (unpaired) electrons. The van der Waals surface area contributed by atoms with Crippen molar-refractivity contribution >= 4 is 37.4 Å². The van der Waals surface area contributed by atoms with Crippen LogP contribution in [0, 0.1) is 27.7 Å². The molecule has 0 N–H and O–H groups in total. The van der Waals surface area contributed by atoms with Crippen LogP contribution in [-0.2, 0) is 6.54 Å². The Balaban J connectivity index is 1.71. The first-order chi connectivity index (χ1) is 12.5. The van der Waals surface area contributed by atoms with Crippen molar-refractivity contribution in [2.24, 2.45) is 0 Å². The summed E-state index contributed by atoms with van der Waals surface area (Å²) in [5, 5.41) is 10.2. The molecule has 0 atom stereocenters. The summed E-state index contributed by atoms with van der Waals surface area (Å²) in [5.74, 6) is 0.726. The molecule has 0 saturated carbocycles. The van der Waals surface area contributed by atoms with Crippen LogP contribution in [0.2, 0.25) is 0 Å². The van der Waals surface area contributed by atoms with Crippen molar-refractivity contribution in [2.45, 2.75) is 34.2 Å². The molecule has 0 spiro atoms. The molecule has 8 heteroatoms. The van der Waals surface area contributed by atoms with Gasteiger partial charge in [0.15, 0.2) is 11.5 Å². The monoisotopic (exact) mass is 363 g/mol. The van der Waals surface area contributed by atoms with Crippen molar-refractivity contribution in [2.75, 3.05) is 0 Å². The van der Waals surface area contributed by atoms with Crippen molar-refractivity contribution in [3.63, 3.8) is 0 Å². The number of hydrogen-bond acceptors (Lipinski definition) is 6. The van der Waals surface area contributed by atoms with Gasteiger partial charge < -0.3 is 0 Å². The minimum atomic E-state index is 0.546. The molecule has 26 heavy (non-hydrogen) atoms. The summed E-state index contributed by atoms with van der Waals surface area (Å²) < 4.78 is 4.70. The third-order valence-electron chi connectivity index (χ3n) is 4.53. The second kappa shape index (κ2) is 5.31. The van der Waals surface area contributed by atoms with Gasteiger partial charge in [-0.05, 0) is 45.4 Å². The average Bonchev–Trinajstić information content (AvgIpc) is 3.21. The molecule has 0 amide bonds. The van der Waals surface area contributed by atoms with Crippen LogP contribution in [0.25, 0.3) is 26.1 Å². The number of hydrogen-bond donors (Lipinski definition) is 0. The van der Waals surface area contributed by atoms with Crippen molar-refractivity contribution < 1.29 is 0 Å². The first-order valence-corrected chi connectivity index (χ1v) is 9.23. The van der Waals surface area contributed by atoms with Gasteiger partial charge in [0.2, 0.25) is 0 Å². The summed E-state index contributed by atoms with van der Waals surface area (Å²) in [6.45, 7) is 8.70. The Morgan fingerprint density at radius 2 is 1.85 bits per heavy atom. The Morgan fingerprint density at radius 1 is 1.00 bits per heavy atom. The molecule has 5 aromatic rings. The lowest BCUT2D eigenvalue weighted by molar-refractivity contribution is 0.630. The van der Waals surface area contributed by atoms with E-state index < -0.39 is 0 Å². The fourth-order valence-electron chi connectivity index (χ4n) is 3.45. The van der Waals surface area contributed by atoms with Crippen molar-refractivity contribution in [3.8, 4) is 0 Å². The number of fused-ring (bicyclic) bond motifs is 5. The normalized spacial score (nSPS) is 12.0. The third-order valence-corrected chi connectivity index (χ3v) is 5.60. The summed E-state index contributed by atoms with van der Waals surface area (Å²) in [6, 6.07) is 4.15. The topological polar surface area (TPSA) is 73.8 Å². The molecule has 0 aliphatic rings. The zero-order valence-corrected chi connectivity index (χ0v) is 15.8. The highest BCUT2D eigenvalue weighted by Gasteiger charge is 2.16. The number of aryl methyl sites for hydroxylation is 4. The quantitative estimate of drug-likeness (QED) is 0.481. The van der Waals surface area contributed by atoms with Gasteiger partial charge in [0, 0.05) is 16.8 Å². The van der Waals surface area contributed by atoms with E-state index in [1.807, 2.05) is 25.5 Å². The van der Waals surface area contributed by atoms with Gasteiger partial charge in [0.25, 0.3) is 0 Å². The summed E-state index contributed by atoms with van der Waals surface area (Å²) in [5.41, 5.74) is 6.08. The van der Waals surface area contributed by atoms with E-state index in [1.165, 1.54) is 5.56 Å². The lowest BCUT2D eigenvalue weighted by Gasteiger charge is -1.99. The minimum absolute atomic E-state index is 0.546. The molecule has 0 unspecified atom stereocenters. The maximum absolute atomic E-state index is 4.77. The molecule has 5 aromatic heterocycles. The zero-order chi connectivity index (χ0) is 18.0. The van der Waals surface area contributed by atoms with Crippen LogP contribution in [0.3, 0.4) is 0 Å². The highest BCUT2D eigenvalue weighted by atomic mass is 32.1. The SMILES string of the molecule is Cc1cc(C)c2c(n1)sc1c2ncn2nc(Cn3nc(C)cc3C)nc12. The summed E-state index contributed by atoms with van der Waals surface area (Å²) in [7, 11) is 0. The van der Waals surface area contributed by atoms with Crippen molar-refractivity contribution in [1.29, 1.82) is 0 Å². The number of nitrogens with zero attached hydrogens (tertiary/aromatic N) is 7. The van der Waals surface area contributed by atoms with E-state index in [2.05, 4.69) is 39.2 Å². The first-order valence-electron chi connectivity index (χ1n) is 8.41. The van der Waals surface area contributed by atoms with Gasteiger partial charge in [-0.2, -0.15) is 5.10 Å². The van der Waals surface area contributed by atoms with Gasteiger partial charge >= 0.3 is 0 Å². The first kappa shape index (κ1) is 15.4. The summed E-state index contributed by atoms with van der Waals surface area (Å²) in [6.07, 6.45) is 1.74. The van der Waals surface area contributed by atoms with Crippen molar-refractivity contribution in [3.05, 3.63) is 46.9 Å². The van der Waals surface area contributed by atoms with E-state index in [4.69, 9.17) is 4.98 Å². The largest absolute Gasteiger partial charge is 0.262 e. The Kier molecular flexibility index (Phi) is 3.14. The number of aromatic nitrogens is 7. The smallest absolute Gasteiger partial charge is 0.176 e. The molecule has 0 aliphatic carbocycles. The fraction of sp³-hybridized carbons (Fsp3) is 0.278. The van der Waals surface area contributed by atoms with Crippen molar-refractivity contribution in [1.82, 2.24) is 34.3 Å². The fourth-order valence-corrected chi connectivity index (χ4v) is 4.67. The molecule has 130 valence electrons. The lowest BCUT2D eigenvalue weighted by atomic mass is 10.1. The maximum atomic E-state index is 4.77. The molecule has 0 fully saturated rings. The van der Waals surface area contributed by atoms with Gasteiger partial charge in [0.05, 0.1) is 11.2 Å². The Hall–Kier alpha value is -2.87. The van der Waals surface area contributed by atoms with Crippen LogP contribution in [0.4, 0.5) is 0 Å². The predicted molar refractivity (Wildman–Crippen MR) is 102 cm³/mol. The van der Waals surface area contributed by atoms with E-state index in [0.717, 1.165) is 49.0 Å². The van der Waals surface area contributed by atoms with E-state index in [-0.39, 0.29) is 0 Å². The Bertz CT molecular complexity index is 1310. The maximum Gasteiger partial charge on any atom is 0.176 e. The van der Waals surface area contributed by atoms with Crippen LogP contribution in [-0.4, -0.2) is 34.3 Å². The van der Waals surface area contributed by atoms with Crippen LogP contribution in [0.1, 0.15) is 28.5 Å². The predicted octanol–water partition coefficient (Wildman–Crippen LogP) is 3.37. The van der Waals surface area contributed by atoms with Gasteiger partial charge in [0.1, 0.15) is 22.4 Å². The molecular formula is C18H17N7S. The molecule has 0 bridgehead atoms. The molecule has 5 heterocycles. The second-order valence-corrected chi connectivity index (χ2v) is 7.67. The van der Waals surface area contributed by atoms with Crippen LogP contribution in [0.5, 0.6) is 0 Å². The second-order valence-electron chi connectivity index (χ2n) is 6.67. The van der Waals surface area contributed by atoms with Crippen LogP contribution < -0.4 is 0 Å². The van der Waals surface area contributed by atoms with Gasteiger partial charge in [-0.1, -0.05) is 0 Å². The van der Waals surface area contributed by atoms with Gasteiger partial charge in [-0.15, -0.1) is 16.4 Å². The minimum Gasteiger partial charge on any atom is -0.262 e. The highest BCUT2D eigenvalue weighted by Crippen LogP contribution is 2.35. The van der Waals surface area contributed by atoms with E-state index in [0.29, 0.717) is 6.54 Å². The summed E-state index contributed by atoms with van der Waals surface area (Å²) in [4.78, 5) is 15.1. The average molecular weight is 363 g/mol. The molecule has 0 aromatic carbocycles. The number of rotatable bonds is 2. The Morgan fingerprint density at radius 3 is 2.62 bits per heavy atom. The highest BCUT2D eigenvalue weighted by molar-refractivity contribution is 7.26. The van der Waals surface area contributed by atoms with Crippen LogP contribution in [0.15, 0.2) is 18.5 Å². The van der Waals surface area contributed by atoms with Gasteiger partial charge in [-0.25, -0.2) is 19.5 Å². The Labute approximate surface area is 153 Å². The molecule has 5 rings (SSSR count). The van der Waals surface area contributed by atoms with Gasteiger partial charge in [-0.3, -0.25) is 4.68 Å². The standard InChI is InChI=1S/C18H17N7S/c1-9-5-10(2)20-18-14(9)15-16(26-18)17-21-13(23-25(17)8-19-15)7-24-12(4)6-11(3)22-24/h5-6,8H,7H2,1-4H3. The molecule has 0 aliphatic heterocycles.